The van der Waals surface area contributed by atoms with E-state index in [0.717, 1.165) is 5.56 Å². The Morgan fingerprint density at radius 3 is 2.24 bits per heavy atom. The van der Waals surface area contributed by atoms with E-state index in [2.05, 4.69) is 0 Å². The van der Waals surface area contributed by atoms with Gasteiger partial charge in [0.2, 0.25) is 0 Å². The molecule has 0 amide bonds. The number of hydrogen-bond acceptors (Lipinski definition) is 5. The molecule has 6 heteroatoms. The highest BCUT2D eigenvalue weighted by Crippen LogP contribution is 2.32. The summed E-state index contributed by atoms with van der Waals surface area (Å²) in [7, 11) is -0.686. The highest BCUT2D eigenvalue weighted by atomic mass is 32.2. The van der Waals surface area contributed by atoms with Gasteiger partial charge in [-0.15, -0.1) is 0 Å². The van der Waals surface area contributed by atoms with E-state index in [9.17, 15) is 8.42 Å². The van der Waals surface area contributed by atoms with Gasteiger partial charge in [-0.05, 0) is 18.6 Å². The molecule has 0 spiro atoms. The molecular formula is C11H16O5S. The maximum atomic E-state index is 11.9. The minimum absolute atomic E-state index is 0.0384. The van der Waals surface area contributed by atoms with Gasteiger partial charge in [-0.25, -0.2) is 8.42 Å². The average Bonchev–Trinajstić information content (AvgIpc) is 2.28. The molecule has 96 valence electrons. The standard InChI is InChI=1S/C11H16O5S/c1-8-6-10(16-3)11(7-9(8)15-2)17(13,14)5-4-12/h6-7,12H,4-5H2,1-3H3. The summed E-state index contributed by atoms with van der Waals surface area (Å²) in [4.78, 5) is 0.0384. The van der Waals surface area contributed by atoms with Gasteiger partial charge in [-0.2, -0.15) is 0 Å². The number of aliphatic hydroxyl groups is 1. The minimum atomic E-state index is -3.56. The summed E-state index contributed by atoms with van der Waals surface area (Å²) >= 11 is 0. The molecule has 0 saturated carbocycles. The summed E-state index contributed by atoms with van der Waals surface area (Å²) in [5.41, 5.74) is 0.785. The van der Waals surface area contributed by atoms with E-state index in [1.54, 1.807) is 13.0 Å². The van der Waals surface area contributed by atoms with E-state index >= 15 is 0 Å². The Balaban J connectivity index is 3.40. The van der Waals surface area contributed by atoms with Crippen molar-refractivity contribution in [3.63, 3.8) is 0 Å². The zero-order chi connectivity index (χ0) is 13.1. The molecular weight excluding hydrogens is 244 g/mol. The van der Waals surface area contributed by atoms with Gasteiger partial charge in [-0.1, -0.05) is 0 Å². The Morgan fingerprint density at radius 2 is 1.76 bits per heavy atom. The van der Waals surface area contributed by atoms with Crippen molar-refractivity contribution >= 4 is 9.84 Å². The summed E-state index contributed by atoms with van der Waals surface area (Å²) in [5, 5.41) is 8.76. The Morgan fingerprint density at radius 1 is 1.18 bits per heavy atom. The van der Waals surface area contributed by atoms with Crippen LogP contribution in [0.5, 0.6) is 11.5 Å². The van der Waals surface area contributed by atoms with Gasteiger partial charge in [0.25, 0.3) is 0 Å². The van der Waals surface area contributed by atoms with E-state index in [1.807, 2.05) is 0 Å². The molecule has 0 heterocycles. The number of hydrogen-bond donors (Lipinski definition) is 1. The van der Waals surface area contributed by atoms with Crippen molar-refractivity contribution in [2.75, 3.05) is 26.6 Å². The monoisotopic (exact) mass is 260 g/mol. The fourth-order valence-electron chi connectivity index (χ4n) is 1.50. The van der Waals surface area contributed by atoms with Crippen molar-refractivity contribution < 1.29 is 23.0 Å². The van der Waals surface area contributed by atoms with E-state index in [0.29, 0.717) is 5.75 Å². The van der Waals surface area contributed by atoms with Gasteiger partial charge in [0.05, 0.1) is 26.6 Å². The average molecular weight is 260 g/mol. The first kappa shape index (κ1) is 13.8. The molecule has 1 aromatic carbocycles. The third-order valence-electron chi connectivity index (χ3n) is 2.38. The van der Waals surface area contributed by atoms with Crippen LogP contribution in [-0.2, 0) is 9.84 Å². The third-order valence-corrected chi connectivity index (χ3v) is 4.09. The number of ether oxygens (including phenoxy) is 2. The van der Waals surface area contributed by atoms with Crippen molar-refractivity contribution in [3.8, 4) is 11.5 Å². The zero-order valence-corrected chi connectivity index (χ0v) is 10.9. The molecule has 5 nitrogen and oxygen atoms in total. The molecule has 0 aromatic heterocycles. The largest absolute Gasteiger partial charge is 0.496 e. The van der Waals surface area contributed by atoms with Crippen LogP contribution in [-0.4, -0.2) is 40.1 Å². The Hall–Kier alpha value is -1.27. The molecule has 0 atom stereocenters. The number of rotatable bonds is 5. The second kappa shape index (κ2) is 5.37. The smallest absolute Gasteiger partial charge is 0.184 e. The van der Waals surface area contributed by atoms with E-state index in [1.165, 1.54) is 20.3 Å². The first-order chi connectivity index (χ1) is 7.96. The lowest BCUT2D eigenvalue weighted by atomic mass is 10.2. The van der Waals surface area contributed by atoms with Crippen molar-refractivity contribution in [1.82, 2.24) is 0 Å². The van der Waals surface area contributed by atoms with E-state index in [-0.39, 0.29) is 16.4 Å². The molecule has 0 aliphatic rings. The highest BCUT2D eigenvalue weighted by Gasteiger charge is 2.21. The Kier molecular flexibility index (Phi) is 4.36. The number of aliphatic hydroxyl groups excluding tert-OH is 1. The fraction of sp³-hybridized carbons (Fsp3) is 0.455. The molecule has 0 radical (unpaired) electrons. The van der Waals surface area contributed by atoms with Crippen molar-refractivity contribution in [2.45, 2.75) is 11.8 Å². The molecule has 17 heavy (non-hydrogen) atoms. The first-order valence-electron chi connectivity index (χ1n) is 5.02. The van der Waals surface area contributed by atoms with Crippen LogP contribution in [0, 0.1) is 6.92 Å². The van der Waals surface area contributed by atoms with Crippen LogP contribution in [0.3, 0.4) is 0 Å². The molecule has 1 rings (SSSR count). The maximum Gasteiger partial charge on any atom is 0.184 e. The van der Waals surface area contributed by atoms with Crippen LogP contribution in [0.25, 0.3) is 0 Å². The van der Waals surface area contributed by atoms with Crippen LogP contribution in [0.1, 0.15) is 5.56 Å². The normalized spacial score (nSPS) is 11.3. The van der Waals surface area contributed by atoms with Gasteiger partial charge in [0.1, 0.15) is 16.4 Å². The quantitative estimate of drug-likeness (QED) is 0.847. The SMILES string of the molecule is COc1cc(S(=O)(=O)CCO)c(OC)cc1C. The summed E-state index contributed by atoms with van der Waals surface area (Å²) in [6.07, 6.45) is 0. The van der Waals surface area contributed by atoms with Gasteiger partial charge < -0.3 is 14.6 Å². The van der Waals surface area contributed by atoms with Crippen LogP contribution >= 0.6 is 0 Å². The summed E-state index contributed by atoms with van der Waals surface area (Å²) in [6.45, 7) is 1.37. The zero-order valence-electron chi connectivity index (χ0n) is 10.1. The topological polar surface area (TPSA) is 72.8 Å². The molecule has 1 aromatic rings. The number of sulfone groups is 1. The number of methoxy groups -OCH3 is 2. The van der Waals surface area contributed by atoms with Crippen molar-refractivity contribution in [2.24, 2.45) is 0 Å². The van der Waals surface area contributed by atoms with Gasteiger partial charge >= 0.3 is 0 Å². The van der Waals surface area contributed by atoms with Crippen LogP contribution in [0.2, 0.25) is 0 Å². The summed E-state index contributed by atoms with van der Waals surface area (Å²) in [5.74, 6) is 0.398. The predicted octanol–water partition coefficient (Wildman–Crippen LogP) is 0.778. The van der Waals surface area contributed by atoms with E-state index in [4.69, 9.17) is 14.6 Å². The Labute approximate surface area is 101 Å². The van der Waals surface area contributed by atoms with E-state index < -0.39 is 16.4 Å². The first-order valence-corrected chi connectivity index (χ1v) is 6.67. The lowest BCUT2D eigenvalue weighted by Crippen LogP contribution is -2.11. The van der Waals surface area contributed by atoms with Gasteiger partial charge in [0.15, 0.2) is 9.84 Å². The molecule has 0 bridgehead atoms. The van der Waals surface area contributed by atoms with Crippen molar-refractivity contribution in [3.05, 3.63) is 17.7 Å². The number of aryl methyl sites for hydroxylation is 1. The summed E-state index contributed by atoms with van der Waals surface area (Å²) < 4.78 is 33.9. The fourth-order valence-corrected chi connectivity index (χ4v) is 2.69. The molecule has 1 N–H and O–H groups in total. The molecule has 0 aliphatic carbocycles. The van der Waals surface area contributed by atoms with Crippen LogP contribution in [0.15, 0.2) is 17.0 Å². The molecule has 0 fully saturated rings. The summed E-state index contributed by atoms with van der Waals surface area (Å²) in [6, 6.07) is 3.02. The molecule has 0 saturated heterocycles. The second-order valence-corrected chi connectivity index (χ2v) is 5.59. The second-order valence-electron chi connectivity index (χ2n) is 3.52. The highest BCUT2D eigenvalue weighted by molar-refractivity contribution is 7.91. The minimum Gasteiger partial charge on any atom is -0.496 e. The van der Waals surface area contributed by atoms with Crippen LogP contribution < -0.4 is 9.47 Å². The number of benzene rings is 1. The lowest BCUT2D eigenvalue weighted by Gasteiger charge is -2.12. The maximum absolute atomic E-state index is 11.9. The van der Waals surface area contributed by atoms with Gasteiger partial charge in [-0.3, -0.25) is 0 Å². The third kappa shape index (κ3) is 2.89. The Bertz CT molecular complexity index is 493. The molecule has 0 unspecified atom stereocenters. The lowest BCUT2D eigenvalue weighted by molar-refractivity contribution is 0.319. The molecule has 0 aliphatic heterocycles. The van der Waals surface area contributed by atoms with Crippen molar-refractivity contribution in [1.29, 1.82) is 0 Å². The predicted molar refractivity (Wildman–Crippen MR) is 63.4 cm³/mol. The van der Waals surface area contributed by atoms with Crippen LogP contribution in [0.4, 0.5) is 0 Å². The van der Waals surface area contributed by atoms with Gasteiger partial charge in [0, 0.05) is 6.07 Å².